The van der Waals surface area contributed by atoms with Gasteiger partial charge in [0.2, 0.25) is 17.7 Å². The highest BCUT2D eigenvalue weighted by Crippen LogP contribution is 2.27. The predicted molar refractivity (Wildman–Crippen MR) is 127 cm³/mol. The molecule has 176 valence electrons. The summed E-state index contributed by atoms with van der Waals surface area (Å²) in [6.45, 7) is 3.19. The number of methoxy groups -OCH3 is 1. The summed E-state index contributed by atoms with van der Waals surface area (Å²) in [6.07, 6.45) is 1.82. The second kappa shape index (κ2) is 10.7. The standard InChI is InChI=1S/C26H27N3O5/c1-3-33-22-8-10-23(11-9-22)34-24-14-18(12-13-27-24)16-28-26(31)19-15-25(30)29(17-19)20-4-6-21(32-2)7-5-20/h4-14,19H,3,15-17H2,1-2H3,(H,28,31). The van der Waals surface area contributed by atoms with E-state index in [-0.39, 0.29) is 18.2 Å². The molecular weight excluding hydrogens is 434 g/mol. The Labute approximate surface area is 198 Å². The molecule has 8 heteroatoms. The lowest BCUT2D eigenvalue weighted by Gasteiger charge is -2.17. The number of ether oxygens (including phenoxy) is 3. The van der Waals surface area contributed by atoms with Crippen LogP contribution in [0.4, 0.5) is 5.69 Å². The molecule has 0 aliphatic carbocycles. The SMILES string of the molecule is CCOc1ccc(Oc2cc(CNC(=O)C3CC(=O)N(c4ccc(OC)cc4)C3)ccn2)cc1. The molecule has 0 radical (unpaired) electrons. The molecule has 1 aromatic heterocycles. The second-order valence-corrected chi connectivity index (χ2v) is 7.83. The number of carbonyl (C=O) groups is 2. The Morgan fingerprint density at radius 1 is 1.06 bits per heavy atom. The highest BCUT2D eigenvalue weighted by atomic mass is 16.5. The topological polar surface area (TPSA) is 90.0 Å². The van der Waals surface area contributed by atoms with Crippen LogP contribution in [0.1, 0.15) is 18.9 Å². The molecule has 0 saturated carbocycles. The number of hydrogen-bond donors (Lipinski definition) is 1. The predicted octanol–water partition coefficient (Wildman–Crippen LogP) is 3.95. The minimum atomic E-state index is -0.406. The van der Waals surface area contributed by atoms with Crippen LogP contribution in [0.3, 0.4) is 0 Å². The van der Waals surface area contributed by atoms with E-state index in [2.05, 4.69) is 10.3 Å². The Balaban J connectivity index is 1.31. The fourth-order valence-electron chi connectivity index (χ4n) is 3.74. The molecule has 1 aliphatic heterocycles. The lowest BCUT2D eigenvalue weighted by molar-refractivity contribution is -0.126. The molecule has 2 amide bonds. The average Bonchev–Trinajstić information content (AvgIpc) is 3.26. The van der Waals surface area contributed by atoms with Gasteiger partial charge in [0.1, 0.15) is 17.2 Å². The Hall–Kier alpha value is -4.07. The maximum absolute atomic E-state index is 12.7. The Morgan fingerprint density at radius 3 is 2.47 bits per heavy atom. The van der Waals surface area contributed by atoms with Crippen molar-refractivity contribution in [2.24, 2.45) is 5.92 Å². The summed E-state index contributed by atoms with van der Waals surface area (Å²) in [4.78, 5) is 31.1. The maximum Gasteiger partial charge on any atom is 0.227 e. The number of hydrogen-bond acceptors (Lipinski definition) is 6. The van der Waals surface area contributed by atoms with Gasteiger partial charge in [0.15, 0.2) is 0 Å². The number of rotatable bonds is 9. The molecule has 8 nitrogen and oxygen atoms in total. The van der Waals surface area contributed by atoms with Gasteiger partial charge in [-0.2, -0.15) is 0 Å². The second-order valence-electron chi connectivity index (χ2n) is 7.83. The highest BCUT2D eigenvalue weighted by molar-refractivity contribution is 6.00. The summed E-state index contributed by atoms with van der Waals surface area (Å²) in [5, 5.41) is 2.93. The number of aromatic nitrogens is 1. The van der Waals surface area contributed by atoms with E-state index in [1.165, 1.54) is 0 Å². The summed E-state index contributed by atoms with van der Waals surface area (Å²) in [6, 6.07) is 18.1. The van der Waals surface area contributed by atoms with Crippen LogP contribution in [0.2, 0.25) is 0 Å². The molecule has 2 aromatic carbocycles. The van der Waals surface area contributed by atoms with Crippen molar-refractivity contribution in [1.29, 1.82) is 0 Å². The fraction of sp³-hybridized carbons (Fsp3) is 0.269. The van der Waals surface area contributed by atoms with Gasteiger partial charge in [0.25, 0.3) is 0 Å². The van der Waals surface area contributed by atoms with Gasteiger partial charge in [-0.3, -0.25) is 9.59 Å². The number of amides is 2. The van der Waals surface area contributed by atoms with Crippen molar-refractivity contribution >= 4 is 17.5 Å². The summed E-state index contributed by atoms with van der Waals surface area (Å²) < 4.78 is 16.4. The number of carbonyl (C=O) groups excluding carboxylic acids is 2. The van der Waals surface area contributed by atoms with Crippen LogP contribution in [0.25, 0.3) is 0 Å². The van der Waals surface area contributed by atoms with E-state index < -0.39 is 5.92 Å². The van der Waals surface area contributed by atoms with E-state index in [0.29, 0.717) is 37.1 Å². The minimum absolute atomic E-state index is 0.0692. The molecule has 0 spiro atoms. The first-order valence-corrected chi connectivity index (χ1v) is 11.1. The molecule has 1 atom stereocenters. The largest absolute Gasteiger partial charge is 0.497 e. The minimum Gasteiger partial charge on any atom is -0.497 e. The zero-order valence-corrected chi connectivity index (χ0v) is 19.2. The fourth-order valence-corrected chi connectivity index (χ4v) is 3.74. The van der Waals surface area contributed by atoms with Gasteiger partial charge in [-0.25, -0.2) is 4.98 Å². The van der Waals surface area contributed by atoms with Crippen LogP contribution in [0.15, 0.2) is 66.9 Å². The molecule has 3 aromatic rings. The number of nitrogens with one attached hydrogen (secondary N) is 1. The number of benzene rings is 2. The molecule has 4 rings (SSSR count). The Kier molecular flexibility index (Phi) is 7.27. The van der Waals surface area contributed by atoms with Gasteiger partial charge >= 0.3 is 0 Å². The van der Waals surface area contributed by atoms with Gasteiger partial charge in [-0.05, 0) is 67.1 Å². The highest BCUT2D eigenvalue weighted by Gasteiger charge is 2.35. The van der Waals surface area contributed by atoms with E-state index in [1.54, 1.807) is 36.4 Å². The lowest BCUT2D eigenvalue weighted by atomic mass is 10.1. The van der Waals surface area contributed by atoms with Crippen LogP contribution in [-0.4, -0.2) is 37.1 Å². The smallest absolute Gasteiger partial charge is 0.227 e. The summed E-state index contributed by atoms with van der Waals surface area (Å²) in [5.74, 6) is 1.92. The average molecular weight is 462 g/mol. The summed E-state index contributed by atoms with van der Waals surface area (Å²) >= 11 is 0. The third-order valence-corrected chi connectivity index (χ3v) is 5.50. The van der Waals surface area contributed by atoms with Crippen molar-refractivity contribution in [2.75, 3.05) is 25.2 Å². The van der Waals surface area contributed by atoms with Crippen LogP contribution in [-0.2, 0) is 16.1 Å². The van der Waals surface area contributed by atoms with Crippen LogP contribution in [0, 0.1) is 5.92 Å². The molecule has 1 aliphatic rings. The summed E-state index contributed by atoms with van der Waals surface area (Å²) in [7, 11) is 1.59. The molecule has 1 saturated heterocycles. The molecule has 0 bridgehead atoms. The quantitative estimate of drug-likeness (QED) is 0.519. The van der Waals surface area contributed by atoms with Crippen LogP contribution >= 0.6 is 0 Å². The van der Waals surface area contributed by atoms with E-state index in [1.807, 2.05) is 49.4 Å². The Bertz CT molecular complexity index is 1130. The van der Waals surface area contributed by atoms with Crippen molar-refractivity contribution < 1.29 is 23.8 Å². The molecular formula is C26H27N3O5. The first kappa shape index (κ1) is 23.1. The van der Waals surface area contributed by atoms with Gasteiger partial charge in [-0.1, -0.05) is 0 Å². The van der Waals surface area contributed by atoms with E-state index in [4.69, 9.17) is 14.2 Å². The summed E-state index contributed by atoms with van der Waals surface area (Å²) in [5.41, 5.74) is 1.60. The maximum atomic E-state index is 12.7. The first-order chi connectivity index (χ1) is 16.6. The van der Waals surface area contributed by atoms with Crippen molar-refractivity contribution in [3.8, 4) is 23.1 Å². The Morgan fingerprint density at radius 2 is 1.76 bits per heavy atom. The molecule has 34 heavy (non-hydrogen) atoms. The van der Waals surface area contributed by atoms with Crippen molar-refractivity contribution in [3.63, 3.8) is 0 Å². The molecule has 1 fully saturated rings. The molecule has 1 N–H and O–H groups in total. The van der Waals surface area contributed by atoms with Crippen LogP contribution < -0.4 is 24.4 Å². The zero-order valence-electron chi connectivity index (χ0n) is 19.2. The van der Waals surface area contributed by atoms with Crippen molar-refractivity contribution in [1.82, 2.24) is 10.3 Å². The van der Waals surface area contributed by atoms with Gasteiger partial charge < -0.3 is 24.4 Å². The third kappa shape index (κ3) is 5.64. The lowest BCUT2D eigenvalue weighted by Crippen LogP contribution is -2.32. The monoisotopic (exact) mass is 461 g/mol. The van der Waals surface area contributed by atoms with Gasteiger partial charge in [0.05, 0.1) is 19.6 Å². The van der Waals surface area contributed by atoms with Gasteiger partial charge in [0, 0.05) is 37.5 Å². The zero-order chi connectivity index (χ0) is 23.9. The number of anilines is 1. The van der Waals surface area contributed by atoms with Crippen molar-refractivity contribution in [2.45, 2.75) is 19.9 Å². The molecule has 2 heterocycles. The van der Waals surface area contributed by atoms with E-state index >= 15 is 0 Å². The van der Waals surface area contributed by atoms with E-state index in [0.717, 1.165) is 17.0 Å². The van der Waals surface area contributed by atoms with Crippen molar-refractivity contribution in [3.05, 3.63) is 72.4 Å². The number of pyridine rings is 1. The van der Waals surface area contributed by atoms with E-state index in [9.17, 15) is 9.59 Å². The van der Waals surface area contributed by atoms with Crippen LogP contribution in [0.5, 0.6) is 23.1 Å². The normalized spacial score (nSPS) is 15.2. The van der Waals surface area contributed by atoms with Gasteiger partial charge in [-0.15, -0.1) is 0 Å². The first-order valence-electron chi connectivity index (χ1n) is 11.1. The molecule has 1 unspecified atom stereocenters. The third-order valence-electron chi connectivity index (χ3n) is 5.50. The number of nitrogens with zero attached hydrogens (tertiary/aromatic N) is 2.